The van der Waals surface area contributed by atoms with Crippen LogP contribution in [0.5, 0.6) is 0 Å². The maximum absolute atomic E-state index is 12.3. The van der Waals surface area contributed by atoms with Crippen molar-refractivity contribution in [2.45, 2.75) is 6.54 Å². The van der Waals surface area contributed by atoms with Crippen LogP contribution in [-0.2, 0) is 16.8 Å². The van der Waals surface area contributed by atoms with Gasteiger partial charge in [0.25, 0.3) is 0 Å². The highest BCUT2D eigenvalue weighted by Gasteiger charge is 2.17. The fraction of sp³-hybridized carbons (Fsp3) is 0.200. The lowest BCUT2D eigenvalue weighted by atomic mass is 10.2. The number of hydrogen-bond acceptors (Lipinski definition) is 3. The van der Waals surface area contributed by atoms with Crippen molar-refractivity contribution >= 4 is 21.6 Å². The number of nitrogens with one attached hydrogen (secondary N) is 2. The fourth-order valence-electron chi connectivity index (χ4n) is 1.86. The molecule has 2 N–H and O–H groups in total. The third-order valence-corrected chi connectivity index (χ3v) is 4.52. The first-order valence-electron chi connectivity index (χ1n) is 6.57. The molecule has 2 rings (SSSR count). The van der Waals surface area contributed by atoms with E-state index in [0.717, 1.165) is 11.3 Å². The molecular formula is C15H19N3O2S. The Bertz CT molecular complexity index is 670. The molecule has 0 aliphatic rings. The van der Waals surface area contributed by atoms with Crippen LogP contribution in [0.15, 0.2) is 54.6 Å². The molecule has 0 spiro atoms. The Morgan fingerprint density at radius 2 is 1.52 bits per heavy atom. The van der Waals surface area contributed by atoms with Gasteiger partial charge in [0.15, 0.2) is 0 Å². The van der Waals surface area contributed by atoms with Crippen LogP contribution in [0, 0.1) is 0 Å². The second kappa shape index (κ2) is 6.60. The van der Waals surface area contributed by atoms with Gasteiger partial charge in [-0.05, 0) is 29.8 Å². The summed E-state index contributed by atoms with van der Waals surface area (Å²) in [5.41, 5.74) is 2.40. The first kappa shape index (κ1) is 15.3. The SMILES string of the molecule is CNc1ccc(NS(=O)(=O)N(C)Cc2ccccc2)cc1. The van der Waals surface area contributed by atoms with Gasteiger partial charge in [-0.2, -0.15) is 12.7 Å². The Kier molecular flexibility index (Phi) is 4.82. The third kappa shape index (κ3) is 4.21. The number of rotatable bonds is 6. The fourth-order valence-corrected chi connectivity index (χ4v) is 2.77. The van der Waals surface area contributed by atoms with E-state index in [1.165, 1.54) is 4.31 Å². The van der Waals surface area contributed by atoms with E-state index in [9.17, 15) is 8.42 Å². The Hall–Kier alpha value is -2.05. The van der Waals surface area contributed by atoms with E-state index in [0.29, 0.717) is 12.2 Å². The summed E-state index contributed by atoms with van der Waals surface area (Å²) in [5.74, 6) is 0. The van der Waals surface area contributed by atoms with Crippen molar-refractivity contribution in [3.8, 4) is 0 Å². The standard InChI is InChI=1S/C15H19N3O2S/c1-16-14-8-10-15(11-9-14)17-21(19,20)18(2)12-13-6-4-3-5-7-13/h3-11,16-17H,12H2,1-2H3. The van der Waals surface area contributed by atoms with Crippen LogP contribution in [0.2, 0.25) is 0 Å². The van der Waals surface area contributed by atoms with Gasteiger partial charge in [-0.1, -0.05) is 30.3 Å². The highest BCUT2D eigenvalue weighted by atomic mass is 32.2. The van der Waals surface area contributed by atoms with Crippen molar-refractivity contribution in [3.05, 3.63) is 60.2 Å². The smallest absolute Gasteiger partial charge is 0.301 e. The molecule has 21 heavy (non-hydrogen) atoms. The predicted octanol–water partition coefficient (Wildman–Crippen LogP) is 2.52. The van der Waals surface area contributed by atoms with Crippen molar-refractivity contribution < 1.29 is 8.42 Å². The van der Waals surface area contributed by atoms with E-state index in [4.69, 9.17) is 0 Å². The molecule has 0 heterocycles. The van der Waals surface area contributed by atoms with Crippen LogP contribution in [0.3, 0.4) is 0 Å². The van der Waals surface area contributed by atoms with Crippen molar-refractivity contribution in [1.82, 2.24) is 4.31 Å². The first-order chi connectivity index (χ1) is 10.0. The lowest BCUT2D eigenvalue weighted by Crippen LogP contribution is -2.32. The quantitative estimate of drug-likeness (QED) is 0.862. The molecular weight excluding hydrogens is 286 g/mol. The maximum atomic E-state index is 12.3. The van der Waals surface area contributed by atoms with Gasteiger partial charge in [0.05, 0.1) is 0 Å². The zero-order valence-corrected chi connectivity index (χ0v) is 12.9. The highest BCUT2D eigenvalue weighted by molar-refractivity contribution is 7.90. The summed E-state index contributed by atoms with van der Waals surface area (Å²) in [6, 6.07) is 16.5. The topological polar surface area (TPSA) is 61.4 Å². The zero-order chi connectivity index (χ0) is 15.3. The van der Waals surface area contributed by atoms with Gasteiger partial charge in [0, 0.05) is 32.0 Å². The van der Waals surface area contributed by atoms with E-state index in [-0.39, 0.29) is 0 Å². The summed E-state index contributed by atoms with van der Waals surface area (Å²) in [4.78, 5) is 0. The van der Waals surface area contributed by atoms with Gasteiger partial charge < -0.3 is 5.32 Å². The molecule has 0 amide bonds. The molecule has 112 valence electrons. The van der Waals surface area contributed by atoms with E-state index in [1.807, 2.05) is 49.5 Å². The molecule has 0 saturated heterocycles. The number of anilines is 2. The normalized spacial score (nSPS) is 11.4. The molecule has 0 aliphatic carbocycles. The maximum Gasteiger partial charge on any atom is 0.301 e. The molecule has 6 heteroatoms. The summed E-state index contributed by atoms with van der Waals surface area (Å²) in [5, 5.41) is 2.98. The number of nitrogens with zero attached hydrogens (tertiary/aromatic N) is 1. The summed E-state index contributed by atoms with van der Waals surface area (Å²) in [6.45, 7) is 0.324. The van der Waals surface area contributed by atoms with Crippen LogP contribution in [0.25, 0.3) is 0 Å². The average molecular weight is 305 g/mol. The molecule has 0 fully saturated rings. The largest absolute Gasteiger partial charge is 0.388 e. The Morgan fingerprint density at radius 1 is 0.952 bits per heavy atom. The minimum absolute atomic E-state index is 0.324. The molecule has 0 saturated carbocycles. The molecule has 0 bridgehead atoms. The Balaban J connectivity index is 2.06. The van der Waals surface area contributed by atoms with E-state index in [2.05, 4.69) is 10.0 Å². The van der Waals surface area contributed by atoms with Crippen molar-refractivity contribution in [1.29, 1.82) is 0 Å². The first-order valence-corrected chi connectivity index (χ1v) is 8.01. The van der Waals surface area contributed by atoms with Gasteiger partial charge >= 0.3 is 10.2 Å². The second-order valence-corrected chi connectivity index (χ2v) is 6.45. The van der Waals surface area contributed by atoms with E-state index >= 15 is 0 Å². The molecule has 0 aromatic heterocycles. The lowest BCUT2D eigenvalue weighted by Gasteiger charge is -2.18. The van der Waals surface area contributed by atoms with Crippen LogP contribution >= 0.6 is 0 Å². The zero-order valence-electron chi connectivity index (χ0n) is 12.1. The number of benzene rings is 2. The van der Waals surface area contributed by atoms with Crippen LogP contribution < -0.4 is 10.0 Å². The monoisotopic (exact) mass is 305 g/mol. The Labute approximate surface area is 125 Å². The minimum Gasteiger partial charge on any atom is -0.388 e. The summed E-state index contributed by atoms with van der Waals surface area (Å²) in [6.07, 6.45) is 0. The van der Waals surface area contributed by atoms with E-state index in [1.54, 1.807) is 19.2 Å². The average Bonchev–Trinajstić information content (AvgIpc) is 2.48. The van der Waals surface area contributed by atoms with Crippen molar-refractivity contribution in [2.24, 2.45) is 0 Å². The van der Waals surface area contributed by atoms with Crippen molar-refractivity contribution in [2.75, 3.05) is 24.1 Å². The Morgan fingerprint density at radius 3 is 2.10 bits per heavy atom. The molecule has 2 aromatic rings. The summed E-state index contributed by atoms with van der Waals surface area (Å²) >= 11 is 0. The molecule has 5 nitrogen and oxygen atoms in total. The minimum atomic E-state index is -3.57. The highest BCUT2D eigenvalue weighted by Crippen LogP contribution is 2.16. The summed E-state index contributed by atoms with van der Waals surface area (Å²) < 4.78 is 28.4. The van der Waals surface area contributed by atoms with Gasteiger partial charge in [0.1, 0.15) is 0 Å². The lowest BCUT2D eigenvalue weighted by molar-refractivity contribution is 0.471. The van der Waals surface area contributed by atoms with Gasteiger partial charge in [0.2, 0.25) is 0 Å². The molecule has 2 aromatic carbocycles. The molecule has 0 unspecified atom stereocenters. The molecule has 0 atom stereocenters. The van der Waals surface area contributed by atoms with Crippen LogP contribution in [-0.4, -0.2) is 26.8 Å². The predicted molar refractivity (Wildman–Crippen MR) is 86.4 cm³/mol. The summed E-state index contributed by atoms with van der Waals surface area (Å²) in [7, 11) is -0.203. The van der Waals surface area contributed by atoms with Crippen LogP contribution in [0.1, 0.15) is 5.56 Å². The third-order valence-electron chi connectivity index (χ3n) is 3.08. The van der Waals surface area contributed by atoms with Crippen LogP contribution in [0.4, 0.5) is 11.4 Å². The van der Waals surface area contributed by atoms with Gasteiger partial charge in [-0.3, -0.25) is 4.72 Å². The van der Waals surface area contributed by atoms with Gasteiger partial charge in [-0.15, -0.1) is 0 Å². The second-order valence-electron chi connectivity index (χ2n) is 4.68. The van der Waals surface area contributed by atoms with Gasteiger partial charge in [-0.25, -0.2) is 0 Å². The van der Waals surface area contributed by atoms with Crippen molar-refractivity contribution in [3.63, 3.8) is 0 Å². The number of hydrogen-bond donors (Lipinski definition) is 2. The van der Waals surface area contributed by atoms with E-state index < -0.39 is 10.2 Å². The molecule has 0 aliphatic heterocycles. The molecule has 0 radical (unpaired) electrons.